The Hall–Kier alpha value is 1.02. The molecule has 0 rings (SSSR count). The van der Waals surface area contributed by atoms with Crippen LogP contribution in [-0.2, 0) is 9.13 Å². The second-order valence-corrected chi connectivity index (χ2v) is 2.68. The zero-order valence-electron chi connectivity index (χ0n) is 4.66. The molecule has 0 aliphatic heterocycles. The van der Waals surface area contributed by atoms with Crippen LogP contribution in [0.25, 0.3) is 0 Å². The summed E-state index contributed by atoms with van der Waals surface area (Å²) in [4.78, 5) is 51.3. The first-order valence-corrected chi connectivity index (χ1v) is 4.38. The zero-order valence-corrected chi connectivity index (χ0v) is 9.30. The van der Waals surface area contributed by atoms with Gasteiger partial charge in [0.15, 0.2) is 0 Å². The Morgan fingerprint density at radius 3 is 0.636 bits per heavy atom. The summed E-state index contributed by atoms with van der Waals surface area (Å²) in [7, 11) is -10.8. The van der Waals surface area contributed by atoms with E-state index < -0.39 is 15.6 Å². The van der Waals surface area contributed by atoms with Gasteiger partial charge in [-0.2, -0.15) is 15.6 Å². The van der Waals surface area contributed by atoms with Crippen LogP contribution in [0.1, 0.15) is 0 Å². The van der Waals surface area contributed by atoms with Crippen LogP contribution in [0.15, 0.2) is 0 Å². The van der Waals surface area contributed by atoms with E-state index in [9.17, 15) is 0 Å². The minimum atomic E-state index is -5.39. The predicted molar refractivity (Wildman–Crippen MR) is 21.0 cm³/mol. The summed E-state index contributed by atoms with van der Waals surface area (Å²) in [6.45, 7) is 0. The molecule has 0 saturated heterocycles. The fraction of sp³-hybridized carbons (Fsp3) is 0. The van der Waals surface area contributed by atoms with Crippen LogP contribution in [0.5, 0.6) is 0 Å². The molecule has 68 valence electrons. The third-order valence-electron chi connectivity index (χ3n) is 0. The molecule has 0 atom stereocenters. The third-order valence-corrected chi connectivity index (χ3v) is 0. The van der Waals surface area contributed by atoms with Crippen molar-refractivity contribution in [3.05, 3.63) is 0 Å². The van der Waals surface area contributed by atoms with Crippen LogP contribution in [0.4, 0.5) is 0 Å². The molecule has 0 spiro atoms. The predicted octanol–water partition coefficient (Wildman–Crippen LogP) is -6.03. The van der Waals surface area contributed by atoms with Gasteiger partial charge in [0.25, 0.3) is 0 Å². The van der Waals surface area contributed by atoms with Gasteiger partial charge in [0.2, 0.25) is 0 Å². The van der Waals surface area contributed by atoms with E-state index in [0.717, 1.165) is 0 Å². The maximum absolute atomic E-state index is 8.55. The number of hydrogen-bond acceptors (Lipinski definition) is 8. The quantitative estimate of drug-likeness (QED) is 0.314. The SMILES string of the molecule is O=P([O-])([O-])[O-].O=P([O-])([O-])[O-].[Sn]. The van der Waals surface area contributed by atoms with Crippen molar-refractivity contribution in [2.24, 2.45) is 0 Å². The molecule has 0 aromatic heterocycles. The summed E-state index contributed by atoms with van der Waals surface area (Å²) in [5.74, 6) is 0. The Labute approximate surface area is 78.3 Å². The van der Waals surface area contributed by atoms with Crippen molar-refractivity contribution in [2.45, 2.75) is 0 Å². The maximum Gasteiger partial charge on any atom is 0 e. The van der Waals surface area contributed by atoms with Gasteiger partial charge in [-0.15, -0.1) is 0 Å². The van der Waals surface area contributed by atoms with Crippen molar-refractivity contribution in [3.8, 4) is 0 Å². The molecule has 0 saturated carbocycles. The summed E-state index contributed by atoms with van der Waals surface area (Å²) in [5, 5.41) is 0. The van der Waals surface area contributed by atoms with E-state index in [-0.39, 0.29) is 23.9 Å². The fourth-order valence-corrected chi connectivity index (χ4v) is 0. The maximum atomic E-state index is 8.55. The minimum absolute atomic E-state index is 0. The average Bonchev–Trinajstić information content (AvgIpc) is 1.12. The average molecular weight is 309 g/mol. The molecular formula is O8P2Sn-6. The number of rotatable bonds is 0. The molecule has 0 aromatic carbocycles. The molecule has 4 radical (unpaired) electrons. The second kappa shape index (κ2) is 6.53. The molecular weight excluding hydrogens is 309 g/mol. The molecule has 11 heteroatoms. The third kappa shape index (κ3) is 864. The summed E-state index contributed by atoms with van der Waals surface area (Å²) in [6, 6.07) is 0. The molecule has 11 heavy (non-hydrogen) atoms. The van der Waals surface area contributed by atoms with Crippen LogP contribution in [0.3, 0.4) is 0 Å². The molecule has 0 aliphatic rings. The smallest absolute Gasteiger partial charge is 0 e. The largest absolute Gasteiger partial charge is 0.822 e. The molecule has 0 bridgehead atoms. The standard InChI is InChI=1S/2H3O4P.Sn/c2*1-5(2,3)4;/h2*(H3,1,2,3,4);/p-6. The molecule has 0 aliphatic carbocycles. The molecule has 8 nitrogen and oxygen atoms in total. The first-order chi connectivity index (χ1) is 4.00. The number of phosphoric acid groups is 2. The normalized spacial score (nSPS) is 10.7. The van der Waals surface area contributed by atoms with Gasteiger partial charge in [-0.05, 0) is 0 Å². The van der Waals surface area contributed by atoms with E-state index in [1.54, 1.807) is 0 Å². The van der Waals surface area contributed by atoms with Gasteiger partial charge in [0.1, 0.15) is 0 Å². The van der Waals surface area contributed by atoms with Crippen molar-refractivity contribution in [2.75, 3.05) is 0 Å². The topological polar surface area (TPSA) is 172 Å². The first kappa shape index (κ1) is 17.9. The Morgan fingerprint density at radius 1 is 0.636 bits per heavy atom. The van der Waals surface area contributed by atoms with Gasteiger partial charge in [-0.1, -0.05) is 0 Å². The first-order valence-electron chi connectivity index (χ1n) is 1.46. The monoisotopic (exact) mass is 310 g/mol. The summed E-state index contributed by atoms with van der Waals surface area (Å²) >= 11 is 0. The Balaban J connectivity index is -0.000000107. The van der Waals surface area contributed by atoms with Crippen LogP contribution in [0, 0.1) is 0 Å². The Bertz CT molecular complexity index is 124. The molecule has 0 aromatic rings. The van der Waals surface area contributed by atoms with Crippen molar-refractivity contribution in [1.29, 1.82) is 0 Å². The minimum Gasteiger partial charge on any atom is -0.822 e. The molecule has 0 N–H and O–H groups in total. The van der Waals surface area contributed by atoms with Crippen molar-refractivity contribution in [1.82, 2.24) is 0 Å². The van der Waals surface area contributed by atoms with Gasteiger partial charge in [-0.3, -0.25) is 0 Å². The van der Waals surface area contributed by atoms with Crippen molar-refractivity contribution in [3.63, 3.8) is 0 Å². The molecule has 0 unspecified atom stereocenters. The van der Waals surface area contributed by atoms with Crippen LogP contribution in [0.2, 0.25) is 0 Å². The fourth-order valence-electron chi connectivity index (χ4n) is 0. The molecule has 0 amide bonds. The zero-order chi connectivity index (χ0) is 9.00. The van der Waals surface area contributed by atoms with Gasteiger partial charge in [0, 0.05) is 23.9 Å². The van der Waals surface area contributed by atoms with E-state index in [4.69, 9.17) is 38.5 Å². The second-order valence-electron chi connectivity index (χ2n) is 0.894. The van der Waals surface area contributed by atoms with Crippen LogP contribution >= 0.6 is 15.6 Å². The van der Waals surface area contributed by atoms with Crippen LogP contribution < -0.4 is 29.4 Å². The molecule has 0 heterocycles. The summed E-state index contributed by atoms with van der Waals surface area (Å²) in [6.07, 6.45) is 0. The van der Waals surface area contributed by atoms with Gasteiger partial charge in [-0.25, -0.2) is 0 Å². The van der Waals surface area contributed by atoms with Crippen LogP contribution in [-0.4, -0.2) is 23.9 Å². The van der Waals surface area contributed by atoms with Gasteiger partial charge >= 0.3 is 0 Å². The Morgan fingerprint density at radius 2 is 0.636 bits per heavy atom. The van der Waals surface area contributed by atoms with E-state index >= 15 is 0 Å². The van der Waals surface area contributed by atoms with E-state index in [1.165, 1.54) is 0 Å². The van der Waals surface area contributed by atoms with E-state index in [1.807, 2.05) is 0 Å². The van der Waals surface area contributed by atoms with Gasteiger partial charge in [0.05, 0.1) is 0 Å². The van der Waals surface area contributed by atoms with Crippen molar-refractivity contribution >= 4 is 39.6 Å². The molecule has 0 fully saturated rings. The Kier molecular flexibility index (Phi) is 10.6. The van der Waals surface area contributed by atoms with E-state index in [0.29, 0.717) is 0 Å². The van der Waals surface area contributed by atoms with E-state index in [2.05, 4.69) is 0 Å². The summed E-state index contributed by atoms with van der Waals surface area (Å²) < 4.78 is 17.1. The summed E-state index contributed by atoms with van der Waals surface area (Å²) in [5.41, 5.74) is 0. The number of hydrogen-bond donors (Lipinski definition) is 0. The van der Waals surface area contributed by atoms with Gasteiger partial charge < -0.3 is 38.5 Å². The van der Waals surface area contributed by atoms with Crippen molar-refractivity contribution < 1.29 is 38.5 Å².